The summed E-state index contributed by atoms with van der Waals surface area (Å²) in [5, 5.41) is 3.30. The average Bonchev–Trinajstić information content (AvgIpc) is 2.77. The van der Waals surface area contributed by atoms with Crippen LogP contribution in [0.4, 0.5) is 10.1 Å². The third-order valence-corrected chi connectivity index (χ3v) is 4.87. The number of hydrogen-bond acceptors (Lipinski definition) is 5. The quantitative estimate of drug-likeness (QED) is 0.358. The lowest BCUT2D eigenvalue weighted by Crippen LogP contribution is -2.30. The second-order valence-electron chi connectivity index (χ2n) is 6.79. The van der Waals surface area contributed by atoms with E-state index in [4.69, 9.17) is 32.7 Å². The van der Waals surface area contributed by atoms with Crippen molar-refractivity contribution in [1.29, 1.82) is 0 Å². The van der Waals surface area contributed by atoms with Gasteiger partial charge in [0.2, 0.25) is 5.88 Å². The van der Waals surface area contributed by atoms with Gasteiger partial charge in [0, 0.05) is 10.0 Å². The van der Waals surface area contributed by atoms with Gasteiger partial charge in [0.05, 0.1) is 22.9 Å². The van der Waals surface area contributed by atoms with E-state index in [9.17, 15) is 9.18 Å². The van der Waals surface area contributed by atoms with E-state index in [-0.39, 0.29) is 10.7 Å². The third kappa shape index (κ3) is 5.25. The van der Waals surface area contributed by atoms with Crippen LogP contribution in [0.15, 0.2) is 66.9 Å². The molecule has 1 amide bonds. The molecular weight excluding hydrogens is 456 g/mol. The number of hydrogen-bond donors (Lipinski definition) is 1. The minimum Gasteiger partial charge on any atom is -0.481 e. The molecule has 4 aromatic rings. The summed E-state index contributed by atoms with van der Waals surface area (Å²) in [6, 6.07) is 15.8. The molecule has 1 N–H and O–H groups in total. The molecule has 32 heavy (non-hydrogen) atoms. The Labute approximate surface area is 192 Å². The molecule has 0 aliphatic rings. The van der Waals surface area contributed by atoms with E-state index >= 15 is 0 Å². The highest BCUT2D eigenvalue weighted by atomic mass is 35.5. The summed E-state index contributed by atoms with van der Waals surface area (Å²) in [5.74, 6) is 0.153. The maximum atomic E-state index is 13.9. The standard InChI is InChI=1S/C23H16Cl2FN3O3/c1-13(23(30)29-19-8-2-14(24)10-18(19)26)31-16-4-6-17(7-5-16)32-22-12-27-21-11-15(25)3-9-20(21)28-22/h2-13H,1H3,(H,29,30). The topological polar surface area (TPSA) is 73.3 Å². The van der Waals surface area contributed by atoms with E-state index < -0.39 is 17.8 Å². The zero-order valence-electron chi connectivity index (χ0n) is 16.7. The van der Waals surface area contributed by atoms with Crippen molar-refractivity contribution in [1.82, 2.24) is 9.97 Å². The van der Waals surface area contributed by atoms with Crippen molar-refractivity contribution in [3.63, 3.8) is 0 Å². The first-order valence-electron chi connectivity index (χ1n) is 9.50. The third-order valence-electron chi connectivity index (χ3n) is 4.40. The van der Waals surface area contributed by atoms with Crippen LogP contribution in [0.5, 0.6) is 17.4 Å². The number of carbonyl (C=O) groups excluding carboxylic acids is 1. The molecule has 6 nitrogen and oxygen atoms in total. The van der Waals surface area contributed by atoms with Crippen LogP contribution in [0.25, 0.3) is 11.0 Å². The smallest absolute Gasteiger partial charge is 0.265 e. The molecular formula is C23H16Cl2FN3O3. The van der Waals surface area contributed by atoms with Crippen LogP contribution in [-0.4, -0.2) is 22.0 Å². The van der Waals surface area contributed by atoms with Gasteiger partial charge in [-0.1, -0.05) is 23.2 Å². The van der Waals surface area contributed by atoms with Crippen LogP contribution in [0.1, 0.15) is 6.92 Å². The fourth-order valence-electron chi connectivity index (χ4n) is 2.81. The zero-order chi connectivity index (χ0) is 22.7. The molecule has 0 saturated heterocycles. The Morgan fingerprint density at radius 2 is 1.66 bits per heavy atom. The lowest BCUT2D eigenvalue weighted by molar-refractivity contribution is -0.122. The van der Waals surface area contributed by atoms with Crippen molar-refractivity contribution in [3.8, 4) is 17.4 Å². The van der Waals surface area contributed by atoms with Crippen molar-refractivity contribution in [2.75, 3.05) is 5.32 Å². The summed E-state index contributed by atoms with van der Waals surface area (Å²) in [6.45, 7) is 1.56. The summed E-state index contributed by atoms with van der Waals surface area (Å²) in [7, 11) is 0. The lowest BCUT2D eigenvalue weighted by Gasteiger charge is -2.15. The fraction of sp³-hybridized carbons (Fsp3) is 0.0870. The van der Waals surface area contributed by atoms with Crippen LogP contribution in [0, 0.1) is 5.82 Å². The number of benzene rings is 3. The maximum Gasteiger partial charge on any atom is 0.265 e. The molecule has 0 spiro atoms. The first kappa shape index (κ1) is 21.8. The maximum absolute atomic E-state index is 13.9. The van der Waals surface area contributed by atoms with Crippen LogP contribution in [-0.2, 0) is 4.79 Å². The molecule has 1 unspecified atom stereocenters. The lowest BCUT2D eigenvalue weighted by atomic mass is 10.2. The van der Waals surface area contributed by atoms with E-state index in [1.165, 1.54) is 18.3 Å². The molecule has 0 aliphatic carbocycles. The first-order valence-corrected chi connectivity index (χ1v) is 10.3. The van der Waals surface area contributed by atoms with Crippen molar-refractivity contribution < 1.29 is 18.7 Å². The minimum absolute atomic E-state index is 0.0253. The Hall–Kier alpha value is -3.42. The Bertz CT molecular complexity index is 1290. The van der Waals surface area contributed by atoms with Crippen molar-refractivity contribution in [2.45, 2.75) is 13.0 Å². The molecule has 4 rings (SSSR count). The van der Waals surface area contributed by atoms with Crippen molar-refractivity contribution in [2.24, 2.45) is 0 Å². The number of fused-ring (bicyclic) bond motifs is 1. The summed E-state index contributed by atoms with van der Waals surface area (Å²) >= 11 is 11.7. The summed E-state index contributed by atoms with van der Waals surface area (Å²) in [6.07, 6.45) is 0.640. The van der Waals surface area contributed by atoms with E-state index in [2.05, 4.69) is 15.3 Å². The fourth-order valence-corrected chi connectivity index (χ4v) is 3.13. The molecule has 9 heteroatoms. The SMILES string of the molecule is CC(Oc1ccc(Oc2cnc3cc(Cl)ccc3n2)cc1)C(=O)Nc1ccc(Cl)cc1F. The number of anilines is 1. The number of rotatable bonds is 6. The summed E-state index contributed by atoms with van der Waals surface area (Å²) in [5.41, 5.74) is 1.35. The van der Waals surface area contributed by atoms with Crippen molar-refractivity contribution in [3.05, 3.63) is 82.7 Å². The number of halogens is 3. The first-order chi connectivity index (χ1) is 15.4. The van der Waals surface area contributed by atoms with E-state index in [1.807, 2.05) is 0 Å². The molecule has 1 heterocycles. The summed E-state index contributed by atoms with van der Waals surface area (Å²) < 4.78 is 25.2. The van der Waals surface area contributed by atoms with Crippen molar-refractivity contribution >= 4 is 45.8 Å². The molecule has 0 aliphatic heterocycles. The normalized spacial score (nSPS) is 11.8. The van der Waals surface area contributed by atoms with E-state index in [0.717, 1.165) is 6.07 Å². The van der Waals surface area contributed by atoms with Gasteiger partial charge in [-0.25, -0.2) is 14.4 Å². The number of amides is 1. The Morgan fingerprint density at radius 1 is 0.969 bits per heavy atom. The number of carbonyl (C=O) groups is 1. The highest BCUT2D eigenvalue weighted by Gasteiger charge is 2.17. The van der Waals surface area contributed by atoms with Crippen LogP contribution in [0.3, 0.4) is 0 Å². The molecule has 162 valence electrons. The van der Waals surface area contributed by atoms with Gasteiger partial charge in [-0.2, -0.15) is 0 Å². The molecule has 1 aromatic heterocycles. The number of ether oxygens (including phenoxy) is 2. The van der Waals surface area contributed by atoms with Gasteiger partial charge >= 0.3 is 0 Å². The molecule has 0 bridgehead atoms. The average molecular weight is 472 g/mol. The van der Waals surface area contributed by atoms with Gasteiger partial charge in [-0.3, -0.25) is 4.79 Å². The van der Waals surface area contributed by atoms with Crippen LogP contribution < -0.4 is 14.8 Å². The highest BCUT2D eigenvalue weighted by molar-refractivity contribution is 6.31. The van der Waals surface area contributed by atoms with Crippen LogP contribution in [0.2, 0.25) is 10.0 Å². The Kier molecular flexibility index (Phi) is 6.39. The largest absolute Gasteiger partial charge is 0.481 e. The van der Waals surface area contributed by atoms with Crippen LogP contribution >= 0.6 is 23.2 Å². The van der Waals surface area contributed by atoms with Gasteiger partial charge in [-0.05, 0) is 67.6 Å². The zero-order valence-corrected chi connectivity index (χ0v) is 18.2. The van der Waals surface area contributed by atoms with Gasteiger partial charge in [-0.15, -0.1) is 0 Å². The van der Waals surface area contributed by atoms with Gasteiger partial charge in [0.15, 0.2) is 6.10 Å². The highest BCUT2D eigenvalue weighted by Crippen LogP contribution is 2.25. The molecule has 0 fully saturated rings. The second kappa shape index (κ2) is 9.38. The number of aromatic nitrogens is 2. The molecule has 3 aromatic carbocycles. The van der Waals surface area contributed by atoms with Gasteiger partial charge < -0.3 is 14.8 Å². The van der Waals surface area contributed by atoms with E-state index in [0.29, 0.717) is 33.4 Å². The predicted molar refractivity (Wildman–Crippen MR) is 121 cm³/mol. The summed E-state index contributed by atoms with van der Waals surface area (Å²) in [4.78, 5) is 21.0. The predicted octanol–water partition coefficient (Wildman–Crippen LogP) is 6.27. The van der Waals surface area contributed by atoms with Gasteiger partial charge in [0.25, 0.3) is 5.91 Å². The number of nitrogens with one attached hydrogen (secondary N) is 1. The number of nitrogens with zero attached hydrogens (tertiary/aromatic N) is 2. The molecule has 0 radical (unpaired) electrons. The molecule has 1 atom stereocenters. The second-order valence-corrected chi connectivity index (χ2v) is 7.66. The minimum atomic E-state index is -0.866. The Morgan fingerprint density at radius 3 is 2.41 bits per heavy atom. The van der Waals surface area contributed by atoms with Gasteiger partial charge in [0.1, 0.15) is 17.3 Å². The monoisotopic (exact) mass is 471 g/mol. The molecule has 0 saturated carbocycles. The van der Waals surface area contributed by atoms with E-state index in [1.54, 1.807) is 49.4 Å². The Balaban J connectivity index is 1.37.